The summed E-state index contributed by atoms with van der Waals surface area (Å²) in [5, 5.41) is 6.07. The number of carbonyl (C=O) groups excluding carboxylic acids is 1. The predicted molar refractivity (Wildman–Crippen MR) is 96.1 cm³/mol. The number of amides is 1. The molecule has 0 aliphatic carbocycles. The highest BCUT2D eigenvalue weighted by Gasteiger charge is 2.34. The summed E-state index contributed by atoms with van der Waals surface area (Å²) in [6.07, 6.45) is 7.62. The summed E-state index contributed by atoms with van der Waals surface area (Å²) in [4.78, 5) is 23.5. The number of carbonyl (C=O) groups is 1. The molecule has 0 spiro atoms. The molecule has 1 amide bonds. The van der Waals surface area contributed by atoms with Crippen LogP contribution in [0, 0.1) is 5.92 Å². The molecule has 2 aromatic rings. The molecule has 25 heavy (non-hydrogen) atoms. The van der Waals surface area contributed by atoms with Gasteiger partial charge in [-0.2, -0.15) is 5.10 Å². The Morgan fingerprint density at radius 1 is 1.08 bits per heavy atom. The molecule has 2 aliphatic rings. The molecule has 0 radical (unpaired) electrons. The van der Waals surface area contributed by atoms with E-state index in [1.807, 2.05) is 30.5 Å². The third-order valence-electron chi connectivity index (χ3n) is 4.97. The van der Waals surface area contributed by atoms with Gasteiger partial charge >= 0.3 is 0 Å². The molecule has 4 rings (SSSR count). The number of rotatable bonds is 3. The van der Waals surface area contributed by atoms with Gasteiger partial charge in [0, 0.05) is 37.8 Å². The van der Waals surface area contributed by atoms with E-state index >= 15 is 0 Å². The van der Waals surface area contributed by atoms with E-state index in [4.69, 9.17) is 0 Å². The highest BCUT2D eigenvalue weighted by Crippen LogP contribution is 2.32. The van der Waals surface area contributed by atoms with Gasteiger partial charge in [-0.15, -0.1) is 0 Å². The topological polar surface area (TPSA) is 61.7 Å². The minimum atomic E-state index is 0.0274. The van der Waals surface area contributed by atoms with Crippen LogP contribution in [0.3, 0.4) is 0 Å². The van der Waals surface area contributed by atoms with Crippen molar-refractivity contribution < 1.29 is 4.79 Å². The van der Waals surface area contributed by atoms with Crippen molar-refractivity contribution in [3.63, 3.8) is 0 Å². The van der Waals surface area contributed by atoms with Crippen molar-refractivity contribution in [3.05, 3.63) is 54.5 Å². The SMILES string of the molecule is O=C(C1CCN(c2ccncn2)CC1)N1N=CC[C@H]1c1ccccc1. The Bertz CT molecular complexity index is 741. The molecule has 0 saturated carbocycles. The van der Waals surface area contributed by atoms with Crippen LogP contribution in [0.4, 0.5) is 5.82 Å². The van der Waals surface area contributed by atoms with Crippen molar-refractivity contribution >= 4 is 17.9 Å². The second kappa shape index (κ2) is 7.01. The van der Waals surface area contributed by atoms with E-state index in [-0.39, 0.29) is 17.9 Å². The number of nitrogens with zero attached hydrogens (tertiary/aromatic N) is 5. The molecule has 1 aromatic carbocycles. The molecular formula is C19H21N5O. The van der Waals surface area contributed by atoms with Crippen LogP contribution in [0.25, 0.3) is 0 Å². The van der Waals surface area contributed by atoms with E-state index in [1.54, 1.807) is 17.5 Å². The Kier molecular flexibility index (Phi) is 4.41. The maximum Gasteiger partial charge on any atom is 0.246 e. The van der Waals surface area contributed by atoms with Gasteiger partial charge in [0.15, 0.2) is 0 Å². The second-order valence-corrected chi connectivity index (χ2v) is 6.47. The van der Waals surface area contributed by atoms with E-state index in [2.05, 4.69) is 32.1 Å². The van der Waals surface area contributed by atoms with E-state index in [1.165, 1.54) is 0 Å². The van der Waals surface area contributed by atoms with E-state index in [9.17, 15) is 4.79 Å². The lowest BCUT2D eigenvalue weighted by Gasteiger charge is -2.34. The lowest BCUT2D eigenvalue weighted by Crippen LogP contribution is -2.41. The molecule has 2 aliphatic heterocycles. The molecule has 1 atom stereocenters. The summed E-state index contributed by atoms with van der Waals surface area (Å²) in [5.41, 5.74) is 1.15. The first-order valence-electron chi connectivity index (χ1n) is 8.74. The van der Waals surface area contributed by atoms with Gasteiger partial charge in [0.2, 0.25) is 5.91 Å². The first-order chi connectivity index (χ1) is 12.3. The van der Waals surface area contributed by atoms with Crippen LogP contribution in [0.1, 0.15) is 30.9 Å². The number of piperidine rings is 1. The van der Waals surface area contributed by atoms with Gasteiger partial charge in [-0.1, -0.05) is 30.3 Å². The van der Waals surface area contributed by atoms with Gasteiger partial charge in [-0.25, -0.2) is 15.0 Å². The fraction of sp³-hybridized carbons (Fsp3) is 0.368. The first-order valence-corrected chi connectivity index (χ1v) is 8.74. The minimum absolute atomic E-state index is 0.0274. The fourth-order valence-electron chi connectivity index (χ4n) is 3.59. The first kappa shape index (κ1) is 15.7. The van der Waals surface area contributed by atoms with Crippen molar-refractivity contribution in [2.24, 2.45) is 11.0 Å². The van der Waals surface area contributed by atoms with Gasteiger partial charge < -0.3 is 4.90 Å². The Balaban J connectivity index is 1.41. The third kappa shape index (κ3) is 3.24. The number of anilines is 1. The van der Waals surface area contributed by atoms with Gasteiger partial charge in [-0.3, -0.25) is 4.79 Å². The summed E-state index contributed by atoms with van der Waals surface area (Å²) in [5.74, 6) is 1.10. The van der Waals surface area contributed by atoms with Crippen LogP contribution in [0.15, 0.2) is 54.0 Å². The molecule has 3 heterocycles. The van der Waals surface area contributed by atoms with Crippen LogP contribution < -0.4 is 4.90 Å². The maximum absolute atomic E-state index is 13.0. The standard InChI is InChI=1S/C19H21N5O/c25-19(24-17(6-11-22-24)15-4-2-1-3-5-15)16-8-12-23(13-9-16)18-7-10-20-14-21-18/h1-5,7,10-11,14,16-17H,6,8-9,12-13H2/t17-/m0/s1. The highest BCUT2D eigenvalue weighted by molar-refractivity contribution is 5.82. The van der Waals surface area contributed by atoms with Crippen LogP contribution in [-0.2, 0) is 4.79 Å². The number of hydrogen-bond acceptors (Lipinski definition) is 5. The van der Waals surface area contributed by atoms with Crippen LogP contribution >= 0.6 is 0 Å². The average Bonchev–Trinajstić information content (AvgIpc) is 3.19. The summed E-state index contributed by atoms with van der Waals surface area (Å²) < 4.78 is 0. The molecule has 0 unspecified atom stereocenters. The van der Waals surface area contributed by atoms with Gasteiger partial charge in [-0.05, 0) is 24.5 Å². The molecular weight excluding hydrogens is 314 g/mol. The molecule has 6 heteroatoms. The largest absolute Gasteiger partial charge is 0.356 e. The van der Waals surface area contributed by atoms with E-state index in [0.29, 0.717) is 0 Å². The van der Waals surface area contributed by atoms with Gasteiger partial charge in [0.25, 0.3) is 0 Å². The molecule has 1 fully saturated rings. The predicted octanol–water partition coefficient (Wildman–Crippen LogP) is 2.65. The number of aromatic nitrogens is 2. The Morgan fingerprint density at radius 3 is 2.60 bits per heavy atom. The third-order valence-corrected chi connectivity index (χ3v) is 4.97. The zero-order valence-electron chi connectivity index (χ0n) is 14.0. The second-order valence-electron chi connectivity index (χ2n) is 6.47. The van der Waals surface area contributed by atoms with Crippen LogP contribution in [0.2, 0.25) is 0 Å². The zero-order chi connectivity index (χ0) is 17.1. The van der Waals surface area contributed by atoms with Crippen molar-refractivity contribution in [3.8, 4) is 0 Å². The smallest absolute Gasteiger partial charge is 0.246 e. The molecule has 0 N–H and O–H groups in total. The average molecular weight is 335 g/mol. The normalized spacial score (nSPS) is 20.9. The lowest BCUT2D eigenvalue weighted by molar-refractivity contribution is -0.138. The highest BCUT2D eigenvalue weighted by atomic mass is 16.2. The molecule has 128 valence electrons. The minimum Gasteiger partial charge on any atom is -0.356 e. The fourth-order valence-corrected chi connectivity index (χ4v) is 3.59. The summed E-state index contributed by atoms with van der Waals surface area (Å²) in [6.45, 7) is 1.67. The van der Waals surface area contributed by atoms with E-state index in [0.717, 1.165) is 43.7 Å². The number of hydrazone groups is 1. The molecule has 6 nitrogen and oxygen atoms in total. The zero-order valence-corrected chi connectivity index (χ0v) is 14.0. The van der Waals surface area contributed by atoms with Crippen molar-refractivity contribution in [1.82, 2.24) is 15.0 Å². The summed E-state index contributed by atoms with van der Waals surface area (Å²) in [6, 6.07) is 12.1. The van der Waals surface area contributed by atoms with Crippen molar-refractivity contribution in [2.75, 3.05) is 18.0 Å². The monoisotopic (exact) mass is 335 g/mol. The Labute approximate surface area is 147 Å². The number of hydrogen-bond donors (Lipinski definition) is 0. The van der Waals surface area contributed by atoms with Crippen LogP contribution in [0.5, 0.6) is 0 Å². The molecule has 1 aromatic heterocycles. The van der Waals surface area contributed by atoms with Crippen molar-refractivity contribution in [2.45, 2.75) is 25.3 Å². The quantitative estimate of drug-likeness (QED) is 0.865. The summed E-state index contributed by atoms with van der Waals surface area (Å²) in [7, 11) is 0. The Hall–Kier alpha value is -2.76. The van der Waals surface area contributed by atoms with Crippen molar-refractivity contribution in [1.29, 1.82) is 0 Å². The molecule has 0 bridgehead atoms. The Morgan fingerprint density at radius 2 is 1.88 bits per heavy atom. The maximum atomic E-state index is 13.0. The summed E-state index contributed by atoms with van der Waals surface area (Å²) >= 11 is 0. The van der Waals surface area contributed by atoms with E-state index < -0.39 is 0 Å². The number of benzene rings is 1. The van der Waals surface area contributed by atoms with Gasteiger partial charge in [0.1, 0.15) is 12.1 Å². The lowest BCUT2D eigenvalue weighted by atomic mass is 9.94. The van der Waals surface area contributed by atoms with Gasteiger partial charge in [0.05, 0.1) is 6.04 Å². The van der Waals surface area contributed by atoms with Crippen LogP contribution in [-0.4, -0.2) is 40.2 Å². The molecule has 1 saturated heterocycles.